The molecule has 188 valence electrons. The predicted molar refractivity (Wildman–Crippen MR) is 143 cm³/mol. The van der Waals surface area contributed by atoms with E-state index in [9.17, 15) is 0 Å². The first-order valence-corrected chi connectivity index (χ1v) is 13.8. The monoisotopic (exact) mass is 600 g/mol. The fourth-order valence-electron chi connectivity index (χ4n) is 5.81. The van der Waals surface area contributed by atoms with Gasteiger partial charge in [0.2, 0.25) is 0 Å². The second kappa shape index (κ2) is 8.80. The molecule has 0 radical (unpaired) electrons. The molecule has 36 heavy (non-hydrogen) atoms. The van der Waals surface area contributed by atoms with Crippen LogP contribution in [-0.4, -0.2) is 66.1 Å². The molecule has 0 spiro atoms. The quantitative estimate of drug-likeness (QED) is 0.328. The number of ether oxygens (including phenoxy) is 2. The van der Waals surface area contributed by atoms with E-state index in [0.29, 0.717) is 0 Å². The minimum atomic E-state index is -0.0814. The summed E-state index contributed by atoms with van der Waals surface area (Å²) in [5.41, 5.74) is 4.95. The number of fused-ring (bicyclic) bond motifs is 3. The summed E-state index contributed by atoms with van der Waals surface area (Å²) in [6.07, 6.45) is 7.72. The summed E-state index contributed by atoms with van der Waals surface area (Å²) in [7, 11) is 1.98. The Balaban J connectivity index is 1.43. The van der Waals surface area contributed by atoms with Gasteiger partial charge in [-0.15, -0.1) is 5.10 Å². The van der Waals surface area contributed by atoms with Crippen molar-refractivity contribution in [2.75, 3.05) is 24.6 Å². The molecule has 3 saturated heterocycles. The van der Waals surface area contributed by atoms with Crippen LogP contribution in [0.15, 0.2) is 24.4 Å². The van der Waals surface area contributed by atoms with Crippen LogP contribution >= 0.6 is 22.6 Å². The molecule has 0 amide bonds. The number of anilines is 1. The van der Waals surface area contributed by atoms with Gasteiger partial charge in [0.1, 0.15) is 14.9 Å². The maximum Gasteiger partial charge on any atom is 0.181 e. The van der Waals surface area contributed by atoms with Gasteiger partial charge in [-0.3, -0.25) is 4.68 Å². The number of rotatable bonds is 4. The summed E-state index contributed by atoms with van der Waals surface area (Å²) in [5.74, 6) is 1.72. The van der Waals surface area contributed by atoms with E-state index in [4.69, 9.17) is 24.7 Å². The van der Waals surface area contributed by atoms with Gasteiger partial charge in [-0.05, 0) is 79.8 Å². The Hall–Kier alpha value is -2.51. The molecule has 3 unspecified atom stereocenters. The van der Waals surface area contributed by atoms with Crippen LogP contribution in [-0.2, 0) is 16.5 Å². The van der Waals surface area contributed by atoms with Crippen molar-refractivity contribution in [2.45, 2.75) is 57.5 Å². The lowest BCUT2D eigenvalue weighted by molar-refractivity contribution is -0.0386. The SMILES string of the molecule is Cc1cc(-c2nc(I)c3c(-c4ccnn4C)cc(N4CC5CCC(C4)O5)nn23)n(C2CCCCO2)n1. The van der Waals surface area contributed by atoms with E-state index in [1.54, 1.807) is 0 Å². The van der Waals surface area contributed by atoms with Gasteiger partial charge in [0, 0.05) is 38.5 Å². The van der Waals surface area contributed by atoms with E-state index in [1.807, 2.05) is 34.0 Å². The minimum Gasteiger partial charge on any atom is -0.371 e. The van der Waals surface area contributed by atoms with Gasteiger partial charge in [-0.2, -0.15) is 10.2 Å². The predicted octanol–water partition coefficient (Wildman–Crippen LogP) is 3.97. The summed E-state index contributed by atoms with van der Waals surface area (Å²) < 4.78 is 19.0. The molecule has 0 N–H and O–H groups in total. The van der Waals surface area contributed by atoms with E-state index < -0.39 is 0 Å². The first-order chi connectivity index (χ1) is 17.5. The van der Waals surface area contributed by atoms with Crippen molar-refractivity contribution in [3.63, 3.8) is 0 Å². The van der Waals surface area contributed by atoms with Crippen molar-refractivity contribution < 1.29 is 9.47 Å². The highest BCUT2D eigenvalue weighted by Crippen LogP contribution is 2.37. The van der Waals surface area contributed by atoms with E-state index in [0.717, 1.165) is 95.3 Å². The summed E-state index contributed by atoms with van der Waals surface area (Å²) >= 11 is 2.33. The van der Waals surface area contributed by atoms with Gasteiger partial charge < -0.3 is 14.4 Å². The molecular weight excluding hydrogens is 571 g/mol. The topological polar surface area (TPSA) is 87.5 Å². The zero-order valence-corrected chi connectivity index (χ0v) is 22.6. The van der Waals surface area contributed by atoms with Gasteiger partial charge in [-0.1, -0.05) is 0 Å². The van der Waals surface area contributed by atoms with Crippen LogP contribution in [0.3, 0.4) is 0 Å². The third-order valence-corrected chi connectivity index (χ3v) is 8.27. The third-order valence-electron chi connectivity index (χ3n) is 7.52. The van der Waals surface area contributed by atoms with Crippen LogP contribution in [0.25, 0.3) is 28.3 Å². The molecule has 0 aromatic carbocycles. The van der Waals surface area contributed by atoms with Crippen molar-refractivity contribution in [2.24, 2.45) is 7.05 Å². The van der Waals surface area contributed by atoms with Crippen LogP contribution in [0.5, 0.6) is 0 Å². The highest BCUT2D eigenvalue weighted by atomic mass is 127. The molecule has 4 aromatic rings. The van der Waals surface area contributed by atoms with E-state index in [2.05, 4.69) is 50.8 Å². The average Bonchev–Trinajstić information content (AvgIpc) is 3.65. The van der Waals surface area contributed by atoms with Crippen LogP contribution in [0, 0.1) is 10.6 Å². The number of hydrogen-bond acceptors (Lipinski definition) is 7. The Bertz CT molecular complexity index is 1420. The summed E-state index contributed by atoms with van der Waals surface area (Å²) in [4.78, 5) is 7.43. The van der Waals surface area contributed by atoms with Crippen LogP contribution in [0.4, 0.5) is 5.82 Å². The lowest BCUT2D eigenvalue weighted by Crippen LogP contribution is -2.43. The highest BCUT2D eigenvalue weighted by Gasteiger charge is 2.35. The van der Waals surface area contributed by atoms with Crippen molar-refractivity contribution in [1.29, 1.82) is 0 Å². The zero-order chi connectivity index (χ0) is 24.4. The van der Waals surface area contributed by atoms with E-state index in [-0.39, 0.29) is 18.4 Å². The van der Waals surface area contributed by atoms with Crippen molar-refractivity contribution in [3.05, 3.63) is 33.8 Å². The fraction of sp³-hybridized carbons (Fsp3) is 0.520. The number of morpholine rings is 1. The van der Waals surface area contributed by atoms with Gasteiger partial charge in [0.15, 0.2) is 17.9 Å². The fourth-order valence-corrected chi connectivity index (χ4v) is 6.56. The summed E-state index contributed by atoms with van der Waals surface area (Å²) in [6, 6.07) is 6.34. The third kappa shape index (κ3) is 3.74. The summed E-state index contributed by atoms with van der Waals surface area (Å²) in [5, 5.41) is 14.5. The Morgan fingerprint density at radius 2 is 1.86 bits per heavy atom. The molecule has 3 atom stereocenters. The van der Waals surface area contributed by atoms with Crippen molar-refractivity contribution in [1.82, 2.24) is 34.2 Å². The smallest absolute Gasteiger partial charge is 0.181 e. The normalized spacial score (nSPS) is 24.2. The molecule has 3 aliphatic heterocycles. The first-order valence-electron chi connectivity index (χ1n) is 12.7. The molecule has 2 bridgehead atoms. The molecule has 0 aliphatic carbocycles. The maximum absolute atomic E-state index is 6.11. The minimum absolute atomic E-state index is 0.0814. The Labute approximate surface area is 222 Å². The molecule has 10 nitrogen and oxygen atoms in total. The van der Waals surface area contributed by atoms with Crippen molar-refractivity contribution >= 4 is 33.9 Å². The number of aromatic nitrogens is 7. The second-order valence-corrected chi connectivity index (χ2v) is 11.1. The standard InChI is InChI=1S/C25H29IN8O2/c1-15-11-20(33(29-15)22-5-3-4-10-35-22)25-28-24(26)23-18(19-8-9-27-31(19)2)12-21(30-34(23)25)32-13-16-6-7-17(14-32)36-16/h8-9,11-12,16-17,22H,3-7,10,13-14H2,1-2H3. The second-order valence-electron chi connectivity index (χ2n) is 10.0. The molecular formula is C25H29IN8O2. The Morgan fingerprint density at radius 3 is 2.58 bits per heavy atom. The van der Waals surface area contributed by atoms with Gasteiger partial charge >= 0.3 is 0 Å². The lowest BCUT2D eigenvalue weighted by atomic mass is 10.1. The van der Waals surface area contributed by atoms with E-state index >= 15 is 0 Å². The zero-order valence-electron chi connectivity index (χ0n) is 20.5. The molecule has 3 fully saturated rings. The van der Waals surface area contributed by atoms with E-state index in [1.165, 1.54) is 0 Å². The summed E-state index contributed by atoms with van der Waals surface area (Å²) in [6.45, 7) is 4.49. The average molecular weight is 600 g/mol. The van der Waals surface area contributed by atoms with Gasteiger partial charge in [0.25, 0.3) is 0 Å². The van der Waals surface area contributed by atoms with Crippen LogP contribution in [0.2, 0.25) is 0 Å². The van der Waals surface area contributed by atoms with Crippen molar-refractivity contribution in [3.8, 4) is 22.8 Å². The van der Waals surface area contributed by atoms with Gasteiger partial charge in [-0.25, -0.2) is 14.2 Å². The number of aryl methyl sites for hydroxylation is 2. The highest BCUT2D eigenvalue weighted by molar-refractivity contribution is 14.1. The Morgan fingerprint density at radius 1 is 1.03 bits per heavy atom. The molecule has 11 heteroatoms. The Kier molecular flexibility index (Phi) is 5.54. The lowest BCUT2D eigenvalue weighted by Gasteiger charge is -2.33. The van der Waals surface area contributed by atoms with Gasteiger partial charge in [0.05, 0.1) is 23.6 Å². The molecule has 7 heterocycles. The first kappa shape index (κ1) is 22.7. The van der Waals surface area contributed by atoms with Crippen LogP contribution in [0.1, 0.15) is 44.0 Å². The molecule has 7 rings (SSSR count). The largest absolute Gasteiger partial charge is 0.371 e. The number of hydrogen-bond donors (Lipinski definition) is 0. The maximum atomic E-state index is 6.11. The number of imidazole rings is 1. The number of nitrogens with zero attached hydrogens (tertiary/aromatic N) is 8. The van der Waals surface area contributed by atoms with Crippen LogP contribution < -0.4 is 4.90 Å². The molecule has 0 saturated carbocycles. The molecule has 4 aromatic heterocycles. The number of halogens is 1. The molecule has 3 aliphatic rings.